The number of carbonyl (C=O) groups is 1. The highest BCUT2D eigenvalue weighted by Crippen LogP contribution is 2.41. The molecule has 0 aliphatic heterocycles. The summed E-state index contributed by atoms with van der Waals surface area (Å²) in [5.74, 6) is -0.296. The van der Waals surface area contributed by atoms with E-state index in [4.69, 9.17) is 16.3 Å². The smallest absolute Gasteiger partial charge is 0.330 e. The molecule has 2 aliphatic carbocycles. The summed E-state index contributed by atoms with van der Waals surface area (Å²) in [5, 5.41) is 19.5. The van der Waals surface area contributed by atoms with Crippen LogP contribution in [0.5, 0.6) is 11.6 Å². The van der Waals surface area contributed by atoms with Gasteiger partial charge in [-0.15, -0.1) is 0 Å². The number of aromatic nitrogens is 2. The van der Waals surface area contributed by atoms with Crippen LogP contribution < -0.4 is 10.4 Å². The van der Waals surface area contributed by atoms with E-state index in [2.05, 4.69) is 11.0 Å². The zero-order chi connectivity index (χ0) is 29.3. The highest BCUT2D eigenvalue weighted by atomic mass is 35.5. The first-order chi connectivity index (χ1) is 19.6. The van der Waals surface area contributed by atoms with Gasteiger partial charge >= 0.3 is 11.7 Å². The van der Waals surface area contributed by atoms with E-state index in [9.17, 15) is 24.2 Å². The molecule has 8 nitrogen and oxygen atoms in total. The third-order valence-electron chi connectivity index (χ3n) is 8.70. The second-order valence-corrected chi connectivity index (χ2v) is 11.9. The van der Waals surface area contributed by atoms with E-state index in [0.717, 1.165) is 42.5 Å². The Morgan fingerprint density at radius 1 is 1.17 bits per heavy atom. The lowest BCUT2D eigenvalue weighted by molar-refractivity contribution is -0.143. The molecule has 2 N–H and O–H groups in total. The fourth-order valence-electron chi connectivity index (χ4n) is 6.47. The number of carboxylic acid groups (broad SMARTS) is 1. The van der Waals surface area contributed by atoms with Gasteiger partial charge in [0.25, 0.3) is 0 Å². The molecule has 220 valence electrons. The maximum atomic E-state index is 14.8. The van der Waals surface area contributed by atoms with Gasteiger partial charge in [-0.05, 0) is 85.8 Å². The molecule has 41 heavy (non-hydrogen) atoms. The normalized spacial score (nSPS) is 20.4. The minimum atomic E-state index is -0.706. The van der Waals surface area contributed by atoms with E-state index in [1.165, 1.54) is 15.3 Å². The van der Waals surface area contributed by atoms with Gasteiger partial charge < -0.3 is 14.9 Å². The standard InChI is InChI=1S/C31H37ClFN3O5/c1-19-15-21(5-12-27(19)41-14-13-36-28(37)18-34(2)31(36)40)17-35(16-20-3-6-22(7-4-20)30(38)39)26-11-9-24-23(26)8-10-25(32)29(24)33/h5,8,10,12,15,18,20,22,26,37H,3-4,6-7,9,11,13-14,16-17H2,1-2H3,(H,38,39). The van der Waals surface area contributed by atoms with Crippen LogP contribution in [0.25, 0.3) is 0 Å². The predicted molar refractivity (Wildman–Crippen MR) is 154 cm³/mol. The summed E-state index contributed by atoms with van der Waals surface area (Å²) in [4.78, 5) is 26.0. The van der Waals surface area contributed by atoms with Crippen molar-refractivity contribution in [2.45, 2.75) is 64.6 Å². The summed E-state index contributed by atoms with van der Waals surface area (Å²) < 4.78 is 23.4. The van der Waals surface area contributed by atoms with E-state index < -0.39 is 5.97 Å². The zero-order valence-corrected chi connectivity index (χ0v) is 24.2. The molecular formula is C31H37ClFN3O5. The van der Waals surface area contributed by atoms with Crippen LogP contribution in [0.3, 0.4) is 0 Å². The lowest BCUT2D eigenvalue weighted by atomic mass is 9.81. The number of benzene rings is 2. The number of halogens is 2. The maximum absolute atomic E-state index is 14.8. The van der Waals surface area contributed by atoms with Gasteiger partial charge in [-0.2, -0.15) is 0 Å². The van der Waals surface area contributed by atoms with Crippen molar-refractivity contribution < 1.29 is 24.1 Å². The topological polar surface area (TPSA) is 96.9 Å². The molecule has 0 radical (unpaired) electrons. The monoisotopic (exact) mass is 585 g/mol. The van der Waals surface area contributed by atoms with Crippen LogP contribution in [-0.2, 0) is 31.4 Å². The van der Waals surface area contributed by atoms with Crippen molar-refractivity contribution in [1.82, 2.24) is 14.0 Å². The van der Waals surface area contributed by atoms with Gasteiger partial charge in [0.2, 0.25) is 5.88 Å². The first-order valence-electron chi connectivity index (χ1n) is 14.2. The molecule has 0 bridgehead atoms. The number of fused-ring (bicyclic) bond motifs is 1. The quantitative estimate of drug-likeness (QED) is 0.328. The van der Waals surface area contributed by atoms with Crippen LogP contribution in [0, 0.1) is 24.6 Å². The Morgan fingerprint density at radius 3 is 2.59 bits per heavy atom. The first-order valence-corrected chi connectivity index (χ1v) is 14.6. The molecule has 0 spiro atoms. The average molecular weight is 586 g/mol. The van der Waals surface area contributed by atoms with Gasteiger partial charge in [-0.25, -0.2) is 9.18 Å². The highest BCUT2D eigenvalue weighted by Gasteiger charge is 2.34. The van der Waals surface area contributed by atoms with Crippen molar-refractivity contribution in [3.05, 3.63) is 80.1 Å². The van der Waals surface area contributed by atoms with Crippen molar-refractivity contribution >= 4 is 17.6 Å². The first kappa shape index (κ1) is 29.2. The molecular weight excluding hydrogens is 549 g/mol. The van der Waals surface area contributed by atoms with E-state index in [1.54, 1.807) is 13.1 Å². The minimum absolute atomic E-state index is 0.0575. The summed E-state index contributed by atoms with van der Waals surface area (Å²) in [6.07, 6.45) is 5.94. The number of carboxylic acids is 1. The lowest BCUT2D eigenvalue weighted by Gasteiger charge is -2.35. The molecule has 1 unspecified atom stereocenters. The molecule has 1 atom stereocenters. The number of nitrogens with zero attached hydrogens (tertiary/aromatic N) is 3. The highest BCUT2D eigenvalue weighted by molar-refractivity contribution is 6.30. The summed E-state index contributed by atoms with van der Waals surface area (Å²) in [7, 11) is 1.59. The number of rotatable bonds is 10. The SMILES string of the molecule is Cc1cc(CN(CC2CCC(C(=O)O)CC2)C2CCc3c2ccc(Cl)c3F)ccc1OCCn1c(O)cn(C)c1=O. The number of aromatic hydroxyl groups is 1. The Morgan fingerprint density at radius 2 is 1.93 bits per heavy atom. The summed E-state index contributed by atoms with van der Waals surface area (Å²) >= 11 is 6.09. The molecule has 1 fully saturated rings. The summed E-state index contributed by atoms with van der Waals surface area (Å²) in [5.41, 5.74) is 3.45. The van der Waals surface area contributed by atoms with Crippen LogP contribution in [0.2, 0.25) is 5.02 Å². The van der Waals surface area contributed by atoms with E-state index in [0.29, 0.717) is 43.0 Å². The molecule has 5 rings (SSSR count). The van der Waals surface area contributed by atoms with Crippen LogP contribution in [-0.4, -0.2) is 43.4 Å². The van der Waals surface area contributed by atoms with E-state index >= 15 is 0 Å². The number of ether oxygens (including phenoxy) is 1. The molecule has 0 amide bonds. The van der Waals surface area contributed by atoms with Crippen molar-refractivity contribution in [2.75, 3.05) is 13.2 Å². The Hall–Kier alpha value is -3.30. The van der Waals surface area contributed by atoms with Crippen molar-refractivity contribution in [3.8, 4) is 11.6 Å². The Bertz CT molecular complexity index is 1480. The molecule has 1 heterocycles. The Kier molecular flexibility index (Phi) is 8.75. The molecule has 0 saturated heterocycles. The summed E-state index contributed by atoms with van der Waals surface area (Å²) in [6.45, 7) is 3.92. The van der Waals surface area contributed by atoms with Crippen molar-refractivity contribution in [1.29, 1.82) is 0 Å². The molecule has 2 aliphatic rings. The van der Waals surface area contributed by atoms with Gasteiger partial charge in [0.05, 0.1) is 23.7 Å². The fourth-order valence-corrected chi connectivity index (χ4v) is 6.64. The largest absolute Gasteiger partial charge is 0.493 e. The predicted octanol–water partition coefficient (Wildman–Crippen LogP) is 5.45. The number of hydrogen-bond acceptors (Lipinski definition) is 5. The fraction of sp³-hybridized carbons (Fsp3) is 0.484. The van der Waals surface area contributed by atoms with Crippen molar-refractivity contribution in [2.24, 2.45) is 18.9 Å². The van der Waals surface area contributed by atoms with Gasteiger partial charge in [-0.1, -0.05) is 29.8 Å². The number of hydrogen-bond donors (Lipinski definition) is 2. The van der Waals surface area contributed by atoms with Crippen LogP contribution in [0.4, 0.5) is 4.39 Å². The van der Waals surface area contributed by atoms with E-state index in [-0.39, 0.29) is 47.5 Å². The Balaban J connectivity index is 1.30. The van der Waals surface area contributed by atoms with Gasteiger partial charge in [-0.3, -0.25) is 18.8 Å². The molecule has 1 aromatic heterocycles. The number of aliphatic carboxylic acids is 1. The van der Waals surface area contributed by atoms with Crippen molar-refractivity contribution in [3.63, 3.8) is 0 Å². The van der Waals surface area contributed by atoms with Crippen LogP contribution in [0.1, 0.15) is 60.4 Å². The third-order valence-corrected chi connectivity index (χ3v) is 9.00. The van der Waals surface area contributed by atoms with E-state index in [1.807, 2.05) is 25.1 Å². The molecule has 1 saturated carbocycles. The molecule has 2 aromatic carbocycles. The number of aryl methyl sites for hydroxylation is 2. The molecule has 10 heteroatoms. The van der Waals surface area contributed by atoms with Crippen LogP contribution >= 0.6 is 11.6 Å². The van der Waals surface area contributed by atoms with Gasteiger partial charge in [0.15, 0.2) is 0 Å². The minimum Gasteiger partial charge on any atom is -0.493 e. The third kappa shape index (κ3) is 6.31. The Labute approximate surface area is 243 Å². The average Bonchev–Trinajstić information content (AvgIpc) is 3.48. The number of imidazole rings is 1. The van der Waals surface area contributed by atoms with Gasteiger partial charge in [0.1, 0.15) is 18.2 Å². The second-order valence-electron chi connectivity index (χ2n) is 11.4. The van der Waals surface area contributed by atoms with Gasteiger partial charge in [0, 0.05) is 26.2 Å². The lowest BCUT2D eigenvalue weighted by Crippen LogP contribution is -2.34. The summed E-state index contributed by atoms with van der Waals surface area (Å²) in [6, 6.07) is 9.70. The second kappa shape index (κ2) is 12.3. The zero-order valence-electron chi connectivity index (χ0n) is 23.5. The molecule has 3 aromatic rings. The van der Waals surface area contributed by atoms with Crippen LogP contribution in [0.15, 0.2) is 41.3 Å². The maximum Gasteiger partial charge on any atom is 0.330 e.